The second-order valence-corrected chi connectivity index (χ2v) is 6.25. The largest absolute Gasteiger partial charge is 0.384 e. The van der Waals surface area contributed by atoms with Crippen molar-refractivity contribution in [3.63, 3.8) is 0 Å². The molecule has 0 saturated carbocycles. The zero-order chi connectivity index (χ0) is 15.7. The standard InChI is InChI=1S/C16H32N2O3/c1-5-21-14(13(2)3)6-9-18-15(19)16(12-20-4)7-10-17-11-8-16/h13-14,17H,5-12H2,1-4H3,(H,18,19). The second-order valence-electron chi connectivity index (χ2n) is 6.25. The molecule has 1 fully saturated rings. The van der Waals surface area contributed by atoms with Gasteiger partial charge in [-0.15, -0.1) is 0 Å². The second kappa shape index (κ2) is 9.38. The average Bonchev–Trinajstić information content (AvgIpc) is 2.47. The molecule has 1 saturated heterocycles. The Morgan fingerprint density at radius 2 is 2.00 bits per heavy atom. The highest BCUT2D eigenvalue weighted by Gasteiger charge is 2.39. The van der Waals surface area contributed by atoms with E-state index in [1.807, 2.05) is 6.92 Å². The molecule has 1 unspecified atom stereocenters. The van der Waals surface area contributed by atoms with E-state index in [4.69, 9.17) is 9.47 Å². The lowest BCUT2D eigenvalue weighted by molar-refractivity contribution is -0.136. The lowest BCUT2D eigenvalue weighted by atomic mass is 9.78. The SMILES string of the molecule is CCOC(CCNC(=O)C1(COC)CCNCC1)C(C)C. The quantitative estimate of drug-likeness (QED) is 0.678. The summed E-state index contributed by atoms with van der Waals surface area (Å²) < 4.78 is 11.0. The summed E-state index contributed by atoms with van der Waals surface area (Å²) in [5.41, 5.74) is -0.362. The number of ether oxygens (including phenoxy) is 2. The molecule has 5 nitrogen and oxygen atoms in total. The highest BCUT2D eigenvalue weighted by molar-refractivity contribution is 5.83. The maximum absolute atomic E-state index is 12.6. The molecule has 2 N–H and O–H groups in total. The zero-order valence-corrected chi connectivity index (χ0v) is 14.0. The topological polar surface area (TPSA) is 59.6 Å². The van der Waals surface area contributed by atoms with Gasteiger partial charge in [-0.3, -0.25) is 4.79 Å². The van der Waals surface area contributed by atoms with Crippen LogP contribution in [0.15, 0.2) is 0 Å². The van der Waals surface area contributed by atoms with Gasteiger partial charge in [-0.1, -0.05) is 13.8 Å². The van der Waals surface area contributed by atoms with Gasteiger partial charge in [0, 0.05) is 20.3 Å². The molecule has 1 aliphatic heterocycles. The molecule has 5 heteroatoms. The number of piperidine rings is 1. The van der Waals surface area contributed by atoms with E-state index < -0.39 is 0 Å². The Bertz CT molecular complexity index is 296. The Morgan fingerprint density at radius 1 is 1.33 bits per heavy atom. The van der Waals surface area contributed by atoms with Crippen molar-refractivity contribution in [2.75, 3.05) is 40.0 Å². The number of carbonyl (C=O) groups excluding carboxylic acids is 1. The van der Waals surface area contributed by atoms with Gasteiger partial charge in [-0.05, 0) is 45.2 Å². The monoisotopic (exact) mass is 300 g/mol. The highest BCUT2D eigenvalue weighted by Crippen LogP contribution is 2.29. The van der Waals surface area contributed by atoms with Gasteiger partial charge in [0.15, 0.2) is 0 Å². The summed E-state index contributed by atoms with van der Waals surface area (Å²) >= 11 is 0. The number of nitrogens with one attached hydrogen (secondary N) is 2. The van der Waals surface area contributed by atoms with Crippen molar-refractivity contribution in [1.82, 2.24) is 10.6 Å². The fraction of sp³-hybridized carbons (Fsp3) is 0.938. The molecule has 1 amide bonds. The number of hydrogen-bond acceptors (Lipinski definition) is 4. The molecule has 0 aromatic rings. The number of amides is 1. The van der Waals surface area contributed by atoms with Crippen molar-refractivity contribution >= 4 is 5.91 Å². The van der Waals surface area contributed by atoms with Crippen molar-refractivity contribution in [2.45, 2.75) is 46.1 Å². The highest BCUT2D eigenvalue weighted by atomic mass is 16.5. The van der Waals surface area contributed by atoms with Crippen LogP contribution in [0.5, 0.6) is 0 Å². The summed E-state index contributed by atoms with van der Waals surface area (Å²) in [5, 5.41) is 6.40. The van der Waals surface area contributed by atoms with E-state index in [0.717, 1.165) is 39.0 Å². The van der Waals surface area contributed by atoms with E-state index in [-0.39, 0.29) is 17.4 Å². The minimum atomic E-state index is -0.362. The molecule has 1 atom stereocenters. The number of rotatable bonds is 9. The first-order valence-corrected chi connectivity index (χ1v) is 8.15. The van der Waals surface area contributed by atoms with E-state index in [0.29, 0.717) is 19.1 Å². The molecule has 0 radical (unpaired) electrons. The van der Waals surface area contributed by atoms with E-state index in [2.05, 4.69) is 24.5 Å². The fourth-order valence-electron chi connectivity index (χ4n) is 2.96. The van der Waals surface area contributed by atoms with E-state index >= 15 is 0 Å². The molecular formula is C16H32N2O3. The Balaban J connectivity index is 2.46. The first-order valence-electron chi connectivity index (χ1n) is 8.15. The number of carbonyl (C=O) groups is 1. The molecular weight excluding hydrogens is 268 g/mol. The third kappa shape index (κ3) is 5.57. The van der Waals surface area contributed by atoms with Crippen LogP contribution < -0.4 is 10.6 Å². The molecule has 1 heterocycles. The molecule has 0 aromatic heterocycles. The fourth-order valence-corrected chi connectivity index (χ4v) is 2.96. The van der Waals surface area contributed by atoms with Gasteiger partial charge >= 0.3 is 0 Å². The van der Waals surface area contributed by atoms with Crippen molar-refractivity contribution < 1.29 is 14.3 Å². The number of methoxy groups -OCH3 is 1. The predicted molar refractivity (Wildman–Crippen MR) is 84.3 cm³/mol. The van der Waals surface area contributed by atoms with Gasteiger partial charge in [0.25, 0.3) is 0 Å². The normalized spacial score (nSPS) is 19.5. The lowest BCUT2D eigenvalue weighted by Crippen LogP contribution is -2.50. The van der Waals surface area contributed by atoms with Crippen LogP contribution in [0.1, 0.15) is 40.0 Å². The molecule has 0 aliphatic carbocycles. The van der Waals surface area contributed by atoms with Gasteiger partial charge in [0.05, 0.1) is 18.1 Å². The maximum atomic E-state index is 12.6. The van der Waals surface area contributed by atoms with Crippen LogP contribution in [0.3, 0.4) is 0 Å². The van der Waals surface area contributed by atoms with Gasteiger partial charge < -0.3 is 20.1 Å². The van der Waals surface area contributed by atoms with E-state index in [9.17, 15) is 4.79 Å². The molecule has 21 heavy (non-hydrogen) atoms. The van der Waals surface area contributed by atoms with Crippen LogP contribution in [0.25, 0.3) is 0 Å². The molecule has 0 spiro atoms. The van der Waals surface area contributed by atoms with E-state index in [1.54, 1.807) is 7.11 Å². The zero-order valence-electron chi connectivity index (χ0n) is 14.0. The van der Waals surface area contributed by atoms with E-state index in [1.165, 1.54) is 0 Å². The first kappa shape index (κ1) is 18.4. The van der Waals surface area contributed by atoms with Crippen molar-refractivity contribution in [1.29, 1.82) is 0 Å². The van der Waals surface area contributed by atoms with Crippen LogP contribution in [0.2, 0.25) is 0 Å². The summed E-state index contributed by atoms with van der Waals surface area (Å²) in [7, 11) is 1.67. The molecule has 0 bridgehead atoms. The Hall–Kier alpha value is -0.650. The van der Waals surface area contributed by atoms with Crippen molar-refractivity contribution in [3.05, 3.63) is 0 Å². The van der Waals surface area contributed by atoms with Gasteiger partial charge in [0.1, 0.15) is 0 Å². The van der Waals surface area contributed by atoms with Crippen LogP contribution in [0.4, 0.5) is 0 Å². The van der Waals surface area contributed by atoms with Crippen LogP contribution >= 0.6 is 0 Å². The maximum Gasteiger partial charge on any atom is 0.228 e. The summed E-state index contributed by atoms with van der Waals surface area (Å²) in [6, 6.07) is 0. The summed E-state index contributed by atoms with van der Waals surface area (Å²) in [6.07, 6.45) is 2.75. The van der Waals surface area contributed by atoms with Crippen LogP contribution in [-0.4, -0.2) is 52.0 Å². The Morgan fingerprint density at radius 3 is 2.52 bits per heavy atom. The van der Waals surface area contributed by atoms with Crippen molar-refractivity contribution in [3.8, 4) is 0 Å². The first-order chi connectivity index (χ1) is 10.1. The van der Waals surface area contributed by atoms with Crippen LogP contribution in [0, 0.1) is 11.3 Å². The molecule has 0 aromatic carbocycles. The van der Waals surface area contributed by atoms with Gasteiger partial charge in [0.2, 0.25) is 5.91 Å². The molecule has 124 valence electrons. The molecule has 1 rings (SSSR count). The summed E-state index contributed by atoms with van der Waals surface area (Å²) in [6.45, 7) is 9.96. The summed E-state index contributed by atoms with van der Waals surface area (Å²) in [5.74, 6) is 0.596. The smallest absolute Gasteiger partial charge is 0.228 e. The van der Waals surface area contributed by atoms with Crippen molar-refractivity contribution in [2.24, 2.45) is 11.3 Å². The average molecular weight is 300 g/mol. The predicted octanol–water partition coefficient (Wildman–Crippen LogP) is 1.57. The minimum Gasteiger partial charge on any atom is -0.384 e. The van der Waals surface area contributed by atoms with Gasteiger partial charge in [-0.25, -0.2) is 0 Å². The Kier molecular flexibility index (Phi) is 8.22. The van der Waals surface area contributed by atoms with Crippen LogP contribution in [-0.2, 0) is 14.3 Å². The Labute approximate surface area is 129 Å². The number of hydrogen-bond donors (Lipinski definition) is 2. The third-order valence-corrected chi connectivity index (χ3v) is 4.30. The van der Waals surface area contributed by atoms with Gasteiger partial charge in [-0.2, -0.15) is 0 Å². The lowest BCUT2D eigenvalue weighted by Gasteiger charge is -2.35. The summed E-state index contributed by atoms with van der Waals surface area (Å²) in [4.78, 5) is 12.6. The minimum absolute atomic E-state index is 0.129. The third-order valence-electron chi connectivity index (χ3n) is 4.30. The molecule has 1 aliphatic rings.